The Morgan fingerprint density at radius 3 is 1.56 bits per heavy atom. The maximum absolute atomic E-state index is 6.10. The molecule has 2 fully saturated rings. The molecule has 0 radical (unpaired) electrons. The maximum Gasteiger partial charge on any atom is 0.119 e. The number of hydrogen-bond donors (Lipinski definition) is 0. The van der Waals surface area contributed by atoms with E-state index in [2.05, 4.69) is 38.1 Å². The summed E-state index contributed by atoms with van der Waals surface area (Å²) < 4.78 is 6.10. The van der Waals surface area contributed by atoms with Gasteiger partial charge >= 0.3 is 0 Å². The minimum absolute atomic E-state index is 0.781. The summed E-state index contributed by atoms with van der Waals surface area (Å²) >= 11 is 0. The number of rotatable bonds is 14. The van der Waals surface area contributed by atoms with Crippen molar-refractivity contribution in [2.45, 2.75) is 135 Å². The van der Waals surface area contributed by atoms with Crippen LogP contribution in [0, 0.1) is 17.8 Å². The minimum Gasteiger partial charge on any atom is -0.494 e. The molecule has 0 saturated heterocycles. The van der Waals surface area contributed by atoms with Crippen molar-refractivity contribution in [2.75, 3.05) is 6.61 Å². The van der Waals surface area contributed by atoms with Gasteiger partial charge in [0, 0.05) is 0 Å². The Hall–Kier alpha value is -0.980. The van der Waals surface area contributed by atoms with Gasteiger partial charge in [-0.15, -0.1) is 0 Å². The lowest BCUT2D eigenvalue weighted by molar-refractivity contribution is 0.228. The Bertz CT molecular complexity index is 575. The Morgan fingerprint density at radius 1 is 0.594 bits per heavy atom. The first kappa shape index (κ1) is 25.6. The van der Waals surface area contributed by atoms with Crippen molar-refractivity contribution in [3.8, 4) is 5.75 Å². The van der Waals surface area contributed by atoms with Crippen LogP contribution < -0.4 is 4.74 Å². The highest BCUT2D eigenvalue weighted by Gasteiger charge is 2.22. The summed E-state index contributed by atoms with van der Waals surface area (Å²) in [5.41, 5.74) is 1.54. The molecule has 1 aromatic carbocycles. The number of ether oxygens (including phenoxy) is 1. The van der Waals surface area contributed by atoms with Gasteiger partial charge in [0.1, 0.15) is 5.75 Å². The first-order valence-corrected chi connectivity index (χ1v) is 14.5. The zero-order chi connectivity index (χ0) is 22.4. The molecule has 0 bridgehead atoms. The van der Waals surface area contributed by atoms with Crippen LogP contribution in [0.5, 0.6) is 5.75 Å². The lowest BCUT2D eigenvalue weighted by atomic mass is 9.77. The highest BCUT2D eigenvalue weighted by molar-refractivity contribution is 5.29. The molecule has 0 unspecified atom stereocenters. The van der Waals surface area contributed by atoms with E-state index < -0.39 is 0 Å². The summed E-state index contributed by atoms with van der Waals surface area (Å²) in [6.45, 7) is 5.51. The van der Waals surface area contributed by atoms with E-state index in [1.807, 2.05) is 0 Å². The molecule has 2 saturated carbocycles. The molecule has 3 rings (SSSR count). The fraction of sp³-hybridized carbons (Fsp3) is 0.806. The average molecular weight is 441 g/mol. The molecule has 0 heterocycles. The smallest absolute Gasteiger partial charge is 0.119 e. The van der Waals surface area contributed by atoms with E-state index in [0.717, 1.165) is 36.0 Å². The largest absolute Gasteiger partial charge is 0.494 e. The lowest BCUT2D eigenvalue weighted by Gasteiger charge is -2.29. The van der Waals surface area contributed by atoms with Gasteiger partial charge in [0.05, 0.1) is 6.61 Å². The number of benzene rings is 1. The van der Waals surface area contributed by atoms with Gasteiger partial charge in [0.2, 0.25) is 0 Å². The maximum atomic E-state index is 6.10. The Morgan fingerprint density at radius 2 is 1.06 bits per heavy atom. The molecular weight excluding hydrogens is 388 g/mol. The second-order valence-corrected chi connectivity index (χ2v) is 11.2. The van der Waals surface area contributed by atoms with E-state index in [1.165, 1.54) is 116 Å². The molecule has 1 aromatic rings. The molecule has 182 valence electrons. The predicted molar refractivity (Wildman–Crippen MR) is 140 cm³/mol. The molecule has 0 amide bonds. The van der Waals surface area contributed by atoms with Crippen LogP contribution in [0.25, 0.3) is 0 Å². The summed E-state index contributed by atoms with van der Waals surface area (Å²) in [7, 11) is 0. The molecule has 0 spiro atoms. The van der Waals surface area contributed by atoms with Crippen LogP contribution in [0.3, 0.4) is 0 Å². The third-order valence-electron chi connectivity index (χ3n) is 8.62. The van der Waals surface area contributed by atoms with Crippen LogP contribution in [-0.2, 0) is 0 Å². The average Bonchev–Trinajstić information content (AvgIpc) is 2.84. The van der Waals surface area contributed by atoms with Crippen LogP contribution in [0.15, 0.2) is 24.3 Å². The highest BCUT2D eigenvalue weighted by atomic mass is 16.5. The molecule has 2 aliphatic rings. The van der Waals surface area contributed by atoms with Crippen molar-refractivity contribution in [1.82, 2.24) is 0 Å². The van der Waals surface area contributed by atoms with Crippen molar-refractivity contribution in [3.05, 3.63) is 29.8 Å². The predicted octanol–water partition coefficient (Wildman–Crippen LogP) is 10.1. The van der Waals surface area contributed by atoms with Crippen LogP contribution in [0.2, 0.25) is 0 Å². The van der Waals surface area contributed by atoms with Crippen LogP contribution in [-0.4, -0.2) is 6.61 Å². The first-order chi connectivity index (χ1) is 15.8. The fourth-order valence-electron chi connectivity index (χ4n) is 6.36. The van der Waals surface area contributed by atoms with E-state index in [4.69, 9.17) is 4.74 Å². The van der Waals surface area contributed by atoms with Gasteiger partial charge in [-0.25, -0.2) is 0 Å². The Labute approximate surface area is 200 Å². The zero-order valence-corrected chi connectivity index (χ0v) is 21.5. The van der Waals surface area contributed by atoms with Crippen LogP contribution in [0.4, 0.5) is 0 Å². The highest BCUT2D eigenvalue weighted by Crippen LogP contribution is 2.38. The molecule has 1 heteroatoms. The first-order valence-electron chi connectivity index (χ1n) is 14.5. The summed E-state index contributed by atoms with van der Waals surface area (Å²) in [6.07, 6.45) is 25.5. The SMILES string of the molecule is CCCCCC1CCC(CCCOc2ccc(C3CCC(CCCCC)CC3)cc2)CC1. The molecule has 0 aliphatic heterocycles. The minimum atomic E-state index is 0.781. The Kier molecular flexibility index (Phi) is 12.0. The zero-order valence-electron chi connectivity index (χ0n) is 21.5. The van der Waals surface area contributed by atoms with Crippen LogP contribution >= 0.6 is 0 Å². The summed E-state index contributed by atoms with van der Waals surface area (Å²) in [6, 6.07) is 9.14. The third kappa shape index (κ3) is 9.11. The standard InChI is InChI=1S/C31H52O/c1-3-5-7-10-26-13-15-28(16-14-26)12-9-25-32-31-23-21-30(22-24-31)29-19-17-27(18-20-29)11-8-6-4-2/h21-24,26-29H,3-20,25H2,1-2H3. The fourth-order valence-corrected chi connectivity index (χ4v) is 6.36. The van der Waals surface area contributed by atoms with Gasteiger partial charge < -0.3 is 4.74 Å². The molecule has 0 atom stereocenters. The summed E-state index contributed by atoms with van der Waals surface area (Å²) in [4.78, 5) is 0. The van der Waals surface area contributed by atoms with E-state index >= 15 is 0 Å². The quantitative estimate of drug-likeness (QED) is 0.261. The van der Waals surface area contributed by atoms with Gasteiger partial charge in [-0.3, -0.25) is 0 Å². The van der Waals surface area contributed by atoms with E-state index in [9.17, 15) is 0 Å². The van der Waals surface area contributed by atoms with Gasteiger partial charge in [-0.2, -0.15) is 0 Å². The van der Waals surface area contributed by atoms with Crippen LogP contribution in [0.1, 0.15) is 141 Å². The van der Waals surface area contributed by atoms with Crippen molar-refractivity contribution in [2.24, 2.45) is 17.8 Å². The second-order valence-electron chi connectivity index (χ2n) is 11.2. The second kappa shape index (κ2) is 15.0. The van der Waals surface area contributed by atoms with Gasteiger partial charge in [0.15, 0.2) is 0 Å². The molecule has 0 aromatic heterocycles. The summed E-state index contributed by atoms with van der Waals surface area (Å²) in [5.74, 6) is 4.84. The summed E-state index contributed by atoms with van der Waals surface area (Å²) in [5, 5.41) is 0. The normalized spacial score (nSPS) is 26.2. The molecule has 32 heavy (non-hydrogen) atoms. The topological polar surface area (TPSA) is 9.23 Å². The third-order valence-corrected chi connectivity index (χ3v) is 8.62. The van der Waals surface area contributed by atoms with Gasteiger partial charge in [-0.1, -0.05) is 103 Å². The lowest BCUT2D eigenvalue weighted by Crippen LogP contribution is -2.15. The Balaban J connectivity index is 1.26. The monoisotopic (exact) mass is 440 g/mol. The van der Waals surface area contributed by atoms with Crippen molar-refractivity contribution in [1.29, 1.82) is 0 Å². The van der Waals surface area contributed by atoms with E-state index in [-0.39, 0.29) is 0 Å². The van der Waals surface area contributed by atoms with Gasteiger partial charge in [0.25, 0.3) is 0 Å². The molecular formula is C31H52O. The molecule has 0 N–H and O–H groups in total. The van der Waals surface area contributed by atoms with Gasteiger partial charge in [-0.05, 0) is 79.9 Å². The number of unbranched alkanes of at least 4 members (excludes halogenated alkanes) is 4. The number of hydrogen-bond acceptors (Lipinski definition) is 1. The van der Waals surface area contributed by atoms with E-state index in [0.29, 0.717) is 0 Å². The van der Waals surface area contributed by atoms with Crippen molar-refractivity contribution >= 4 is 0 Å². The van der Waals surface area contributed by atoms with E-state index in [1.54, 1.807) is 5.56 Å². The molecule has 1 nitrogen and oxygen atoms in total. The molecule has 2 aliphatic carbocycles. The van der Waals surface area contributed by atoms with Crippen molar-refractivity contribution in [3.63, 3.8) is 0 Å². The van der Waals surface area contributed by atoms with Crippen molar-refractivity contribution < 1.29 is 4.74 Å².